The van der Waals surface area contributed by atoms with Gasteiger partial charge >= 0.3 is 0 Å². The monoisotopic (exact) mass is 277 g/mol. The van der Waals surface area contributed by atoms with E-state index in [0.29, 0.717) is 5.82 Å². The molecule has 2 aromatic rings. The molecule has 0 aliphatic carbocycles. The van der Waals surface area contributed by atoms with Crippen molar-refractivity contribution in [2.45, 2.75) is 39.3 Å². The van der Waals surface area contributed by atoms with Crippen molar-refractivity contribution in [3.8, 4) is 0 Å². The number of aryl methyl sites for hydroxylation is 1. The molecule has 2 heterocycles. The van der Waals surface area contributed by atoms with Gasteiger partial charge in [-0.15, -0.1) is 0 Å². The minimum absolute atomic E-state index is 0.0403. The SMILES string of the molecule is CCCn1ccnc(NC(C)Cc2ccsc2)c1=O. The van der Waals surface area contributed by atoms with E-state index in [2.05, 4.69) is 41.0 Å². The Bertz CT molecular complexity index is 562. The number of aromatic nitrogens is 2. The molecule has 1 N–H and O–H groups in total. The first-order valence-electron chi connectivity index (χ1n) is 6.53. The lowest BCUT2D eigenvalue weighted by Crippen LogP contribution is -2.28. The summed E-state index contributed by atoms with van der Waals surface area (Å²) < 4.78 is 1.70. The fraction of sp³-hybridized carbons (Fsp3) is 0.429. The van der Waals surface area contributed by atoms with Gasteiger partial charge in [0.1, 0.15) is 0 Å². The van der Waals surface area contributed by atoms with Gasteiger partial charge in [-0.1, -0.05) is 6.92 Å². The molecule has 0 amide bonds. The number of thiophene rings is 1. The minimum Gasteiger partial charge on any atom is -0.363 e. The van der Waals surface area contributed by atoms with Crippen LogP contribution in [0.2, 0.25) is 0 Å². The largest absolute Gasteiger partial charge is 0.363 e. The van der Waals surface area contributed by atoms with Crippen LogP contribution >= 0.6 is 11.3 Å². The molecule has 19 heavy (non-hydrogen) atoms. The van der Waals surface area contributed by atoms with Gasteiger partial charge < -0.3 is 9.88 Å². The highest BCUT2D eigenvalue weighted by molar-refractivity contribution is 7.07. The van der Waals surface area contributed by atoms with E-state index in [9.17, 15) is 4.79 Å². The van der Waals surface area contributed by atoms with E-state index in [-0.39, 0.29) is 11.6 Å². The third-order valence-electron chi connectivity index (χ3n) is 2.88. The number of hydrogen-bond acceptors (Lipinski definition) is 4. The van der Waals surface area contributed by atoms with Gasteiger partial charge in [0.25, 0.3) is 5.56 Å². The second-order valence-corrected chi connectivity index (χ2v) is 5.44. The van der Waals surface area contributed by atoms with Crippen molar-refractivity contribution in [2.24, 2.45) is 0 Å². The normalized spacial score (nSPS) is 12.3. The Hall–Kier alpha value is -1.62. The van der Waals surface area contributed by atoms with E-state index in [1.54, 1.807) is 28.3 Å². The van der Waals surface area contributed by atoms with Gasteiger partial charge in [0.05, 0.1) is 0 Å². The second kappa shape index (κ2) is 6.52. The van der Waals surface area contributed by atoms with Crippen LogP contribution in [0.1, 0.15) is 25.8 Å². The zero-order chi connectivity index (χ0) is 13.7. The smallest absolute Gasteiger partial charge is 0.293 e. The summed E-state index contributed by atoms with van der Waals surface area (Å²) in [6, 6.07) is 2.30. The molecule has 5 heteroatoms. The van der Waals surface area contributed by atoms with Crippen LogP contribution in [0.5, 0.6) is 0 Å². The Balaban J connectivity index is 2.06. The number of nitrogens with zero attached hydrogens (tertiary/aromatic N) is 2. The van der Waals surface area contributed by atoms with Gasteiger partial charge in [-0.05, 0) is 42.2 Å². The Kier molecular flexibility index (Phi) is 4.74. The molecule has 1 unspecified atom stereocenters. The Morgan fingerprint density at radius 1 is 1.53 bits per heavy atom. The van der Waals surface area contributed by atoms with Crippen LogP contribution in [0.4, 0.5) is 5.82 Å². The summed E-state index contributed by atoms with van der Waals surface area (Å²) in [7, 11) is 0. The average Bonchev–Trinajstić information content (AvgIpc) is 2.87. The molecular formula is C14H19N3OS. The first-order valence-corrected chi connectivity index (χ1v) is 7.48. The lowest BCUT2D eigenvalue weighted by Gasteiger charge is -2.14. The standard InChI is InChI=1S/C14H19N3OS/c1-3-6-17-7-5-15-13(14(17)18)16-11(2)9-12-4-8-19-10-12/h4-5,7-8,10-11H,3,6,9H2,1-2H3,(H,15,16). The van der Waals surface area contributed by atoms with Crippen molar-refractivity contribution in [2.75, 3.05) is 5.32 Å². The minimum atomic E-state index is -0.0403. The average molecular weight is 277 g/mol. The molecular weight excluding hydrogens is 258 g/mol. The van der Waals surface area contributed by atoms with E-state index < -0.39 is 0 Å². The van der Waals surface area contributed by atoms with Crippen LogP contribution in [-0.2, 0) is 13.0 Å². The third kappa shape index (κ3) is 3.67. The lowest BCUT2D eigenvalue weighted by atomic mass is 10.1. The number of rotatable bonds is 6. The molecule has 0 saturated carbocycles. The van der Waals surface area contributed by atoms with Crippen molar-refractivity contribution >= 4 is 17.2 Å². The van der Waals surface area contributed by atoms with Crippen molar-refractivity contribution in [3.05, 3.63) is 45.1 Å². The maximum atomic E-state index is 12.1. The molecule has 0 aliphatic rings. The molecule has 0 bridgehead atoms. The number of nitrogens with one attached hydrogen (secondary N) is 1. The van der Waals surface area contributed by atoms with E-state index in [1.807, 2.05) is 0 Å². The fourth-order valence-corrected chi connectivity index (χ4v) is 2.69. The topological polar surface area (TPSA) is 46.9 Å². The molecule has 0 aliphatic heterocycles. The number of anilines is 1. The Labute approximate surface area is 117 Å². The lowest BCUT2D eigenvalue weighted by molar-refractivity contribution is 0.646. The maximum absolute atomic E-state index is 12.1. The Morgan fingerprint density at radius 2 is 2.37 bits per heavy atom. The predicted molar refractivity (Wildman–Crippen MR) is 79.9 cm³/mol. The highest BCUT2D eigenvalue weighted by Crippen LogP contribution is 2.10. The number of hydrogen-bond donors (Lipinski definition) is 1. The zero-order valence-corrected chi connectivity index (χ0v) is 12.1. The first-order chi connectivity index (χ1) is 9.20. The van der Waals surface area contributed by atoms with E-state index in [1.165, 1.54) is 5.56 Å². The van der Waals surface area contributed by atoms with Crippen LogP contribution in [-0.4, -0.2) is 15.6 Å². The second-order valence-electron chi connectivity index (χ2n) is 4.66. The molecule has 0 radical (unpaired) electrons. The fourth-order valence-electron chi connectivity index (χ4n) is 2.01. The van der Waals surface area contributed by atoms with Crippen LogP contribution < -0.4 is 10.9 Å². The summed E-state index contributed by atoms with van der Waals surface area (Å²) in [6.45, 7) is 4.85. The van der Waals surface area contributed by atoms with Crippen molar-refractivity contribution in [1.29, 1.82) is 0 Å². The molecule has 2 rings (SSSR count). The summed E-state index contributed by atoms with van der Waals surface area (Å²) >= 11 is 1.69. The van der Waals surface area contributed by atoms with Gasteiger partial charge in [0.15, 0.2) is 5.82 Å². The van der Waals surface area contributed by atoms with Gasteiger partial charge in [0.2, 0.25) is 0 Å². The quantitative estimate of drug-likeness (QED) is 0.883. The molecule has 102 valence electrons. The highest BCUT2D eigenvalue weighted by Gasteiger charge is 2.09. The maximum Gasteiger partial charge on any atom is 0.293 e. The molecule has 0 spiro atoms. The molecule has 0 aromatic carbocycles. The summed E-state index contributed by atoms with van der Waals surface area (Å²) in [5.74, 6) is 0.443. The summed E-state index contributed by atoms with van der Waals surface area (Å²) in [5.41, 5.74) is 1.25. The van der Waals surface area contributed by atoms with Crippen LogP contribution in [0.3, 0.4) is 0 Å². The first kappa shape index (κ1) is 13.8. The zero-order valence-electron chi connectivity index (χ0n) is 11.3. The van der Waals surface area contributed by atoms with E-state index in [0.717, 1.165) is 19.4 Å². The molecule has 0 fully saturated rings. The van der Waals surface area contributed by atoms with Crippen molar-refractivity contribution in [1.82, 2.24) is 9.55 Å². The molecule has 4 nitrogen and oxygen atoms in total. The van der Waals surface area contributed by atoms with Gasteiger partial charge in [-0.25, -0.2) is 4.98 Å². The summed E-state index contributed by atoms with van der Waals surface area (Å²) in [5, 5.41) is 7.40. The highest BCUT2D eigenvalue weighted by atomic mass is 32.1. The van der Waals surface area contributed by atoms with E-state index >= 15 is 0 Å². The summed E-state index contributed by atoms with van der Waals surface area (Å²) in [4.78, 5) is 16.3. The van der Waals surface area contributed by atoms with Gasteiger partial charge in [-0.2, -0.15) is 11.3 Å². The van der Waals surface area contributed by atoms with Crippen LogP contribution in [0.15, 0.2) is 34.0 Å². The van der Waals surface area contributed by atoms with Gasteiger partial charge in [0, 0.05) is 25.0 Å². The van der Waals surface area contributed by atoms with Crippen molar-refractivity contribution in [3.63, 3.8) is 0 Å². The molecule has 0 saturated heterocycles. The third-order valence-corrected chi connectivity index (χ3v) is 3.62. The Morgan fingerprint density at radius 3 is 3.05 bits per heavy atom. The van der Waals surface area contributed by atoms with Crippen LogP contribution in [0, 0.1) is 0 Å². The van der Waals surface area contributed by atoms with E-state index in [4.69, 9.17) is 0 Å². The van der Waals surface area contributed by atoms with Crippen LogP contribution in [0.25, 0.3) is 0 Å². The predicted octanol–water partition coefficient (Wildman–Crippen LogP) is 2.76. The van der Waals surface area contributed by atoms with Gasteiger partial charge in [-0.3, -0.25) is 4.79 Å². The summed E-state index contributed by atoms with van der Waals surface area (Å²) in [6.07, 6.45) is 5.25. The van der Waals surface area contributed by atoms with Crippen molar-refractivity contribution < 1.29 is 0 Å². The molecule has 2 aromatic heterocycles. The molecule has 1 atom stereocenters.